The Morgan fingerprint density at radius 1 is 1.03 bits per heavy atom. The molecule has 0 radical (unpaired) electrons. The lowest BCUT2D eigenvalue weighted by Gasteiger charge is -2.40. The van der Waals surface area contributed by atoms with Crippen LogP contribution in [0.4, 0.5) is 0 Å². The number of nitrogens with one attached hydrogen (secondary N) is 2. The van der Waals surface area contributed by atoms with Gasteiger partial charge in [0.1, 0.15) is 18.3 Å². The lowest BCUT2D eigenvalue weighted by Crippen LogP contribution is -2.67. The molecule has 0 aromatic carbocycles. The zero-order valence-electron chi connectivity index (χ0n) is 20.3. The van der Waals surface area contributed by atoms with Crippen molar-refractivity contribution in [2.45, 2.75) is 88.4 Å². The summed E-state index contributed by atoms with van der Waals surface area (Å²) in [6, 6.07) is -1.59. The zero-order chi connectivity index (χ0) is 27.6. The van der Waals surface area contributed by atoms with Gasteiger partial charge >= 0.3 is 11.9 Å². The molecule has 1 fully saturated rings. The van der Waals surface area contributed by atoms with Gasteiger partial charge in [0.2, 0.25) is 5.91 Å². The minimum Gasteiger partial charge on any atom is -0.481 e. The molecule has 0 spiro atoms. The molecule has 0 aromatic heterocycles. The molecule has 2 unspecified atom stereocenters. The van der Waals surface area contributed by atoms with Gasteiger partial charge in [-0.25, -0.2) is 4.79 Å². The number of amides is 2. The second-order valence-electron chi connectivity index (χ2n) is 8.42. The quantitative estimate of drug-likeness (QED) is 0.102. The number of hydrogen-bond donors (Lipinski definition) is 8. The summed E-state index contributed by atoms with van der Waals surface area (Å²) in [6.45, 7) is 1.99. The summed E-state index contributed by atoms with van der Waals surface area (Å²) in [7, 11) is 0. The Bertz CT molecular complexity index is 760. The van der Waals surface area contributed by atoms with Crippen molar-refractivity contribution >= 4 is 23.8 Å². The van der Waals surface area contributed by atoms with Crippen LogP contribution in [0.5, 0.6) is 0 Å². The molecule has 0 aromatic rings. The number of aliphatic carboxylic acids is 1. The summed E-state index contributed by atoms with van der Waals surface area (Å²) in [5, 5.41) is 62.7. The Morgan fingerprint density at radius 3 is 2.17 bits per heavy atom. The summed E-state index contributed by atoms with van der Waals surface area (Å²) < 4.78 is 15.8. The molecule has 8 N–H and O–H groups in total. The fourth-order valence-electron chi connectivity index (χ4n) is 3.35. The first-order valence-corrected chi connectivity index (χ1v) is 11.4. The van der Waals surface area contributed by atoms with E-state index in [4.69, 9.17) is 19.3 Å². The summed E-state index contributed by atoms with van der Waals surface area (Å²) in [4.78, 5) is 48.4. The smallest absolute Gasteiger partial charge is 0.331 e. The number of carboxylic acid groups (broad SMARTS) is 1. The number of carbonyl (C=O) groups excluding carboxylic acids is 3. The third-order valence-electron chi connectivity index (χ3n) is 5.60. The SMILES string of the molecule is CCOC(=O)[C@@H](NC(=O)C(CO)(CO)NC(=O)CCCC(=O)O)[C@@H](C)O[C@@H]1O[C@@H](C)[C@@H](O)C(O)C1O. The van der Waals surface area contributed by atoms with Gasteiger partial charge in [0, 0.05) is 12.8 Å². The van der Waals surface area contributed by atoms with Crippen molar-refractivity contribution in [2.24, 2.45) is 0 Å². The topological polar surface area (TPSA) is 241 Å². The van der Waals surface area contributed by atoms with E-state index in [-0.39, 0.29) is 25.9 Å². The minimum absolute atomic E-state index is 0.0608. The lowest BCUT2D eigenvalue weighted by molar-refractivity contribution is -0.304. The molecule has 1 saturated heterocycles. The maximum Gasteiger partial charge on any atom is 0.331 e. The van der Waals surface area contributed by atoms with E-state index in [0.29, 0.717) is 0 Å². The van der Waals surface area contributed by atoms with E-state index in [2.05, 4.69) is 10.6 Å². The van der Waals surface area contributed by atoms with Crippen LogP contribution in [-0.2, 0) is 33.4 Å². The number of ether oxygens (including phenoxy) is 3. The van der Waals surface area contributed by atoms with Crippen LogP contribution in [0.3, 0.4) is 0 Å². The van der Waals surface area contributed by atoms with Gasteiger partial charge in [0.05, 0.1) is 32.0 Å². The van der Waals surface area contributed by atoms with E-state index in [1.54, 1.807) is 0 Å². The Kier molecular flexibility index (Phi) is 12.6. The maximum absolute atomic E-state index is 13.0. The van der Waals surface area contributed by atoms with E-state index in [1.165, 1.54) is 20.8 Å². The average Bonchev–Trinajstić information content (AvgIpc) is 2.82. The Balaban J connectivity index is 3.03. The van der Waals surface area contributed by atoms with Crippen LogP contribution >= 0.6 is 0 Å². The highest BCUT2D eigenvalue weighted by atomic mass is 16.7. The Morgan fingerprint density at radius 2 is 1.64 bits per heavy atom. The first kappa shape index (κ1) is 31.6. The largest absolute Gasteiger partial charge is 0.481 e. The third kappa shape index (κ3) is 8.33. The Hall–Kier alpha value is -2.40. The van der Waals surface area contributed by atoms with Crippen molar-refractivity contribution in [3.05, 3.63) is 0 Å². The van der Waals surface area contributed by atoms with Crippen LogP contribution in [-0.4, -0.2) is 123 Å². The first-order chi connectivity index (χ1) is 16.8. The van der Waals surface area contributed by atoms with E-state index >= 15 is 0 Å². The predicted octanol–water partition coefficient (Wildman–Crippen LogP) is -3.64. The van der Waals surface area contributed by atoms with E-state index < -0.39 is 85.4 Å². The van der Waals surface area contributed by atoms with Crippen LogP contribution in [0.1, 0.15) is 40.0 Å². The molecule has 15 nitrogen and oxygen atoms in total. The monoisotopic (exact) mass is 524 g/mol. The molecule has 0 saturated carbocycles. The van der Waals surface area contributed by atoms with Crippen molar-refractivity contribution in [1.29, 1.82) is 0 Å². The summed E-state index contributed by atoms with van der Waals surface area (Å²) in [6.07, 6.45) is -9.12. The van der Waals surface area contributed by atoms with Crippen molar-refractivity contribution in [1.82, 2.24) is 10.6 Å². The summed E-state index contributed by atoms with van der Waals surface area (Å²) in [5.41, 5.74) is -2.28. The van der Waals surface area contributed by atoms with Gasteiger partial charge in [-0.2, -0.15) is 0 Å². The molecule has 7 atom stereocenters. The lowest BCUT2D eigenvalue weighted by atomic mass is 9.98. The third-order valence-corrected chi connectivity index (χ3v) is 5.60. The van der Waals surface area contributed by atoms with Crippen LogP contribution in [0.25, 0.3) is 0 Å². The van der Waals surface area contributed by atoms with Crippen LogP contribution in [0.15, 0.2) is 0 Å². The molecule has 208 valence electrons. The van der Waals surface area contributed by atoms with Gasteiger partial charge in [-0.15, -0.1) is 0 Å². The number of carboxylic acids is 1. The standard InChI is InChI=1S/C21H36N2O13/c1-4-34-18(32)14(10(2)35-19-17(31)16(30)15(29)11(3)36-19)22-20(33)21(8-24,9-25)23-12(26)6-5-7-13(27)28/h10-11,14-17,19,24-25,29-31H,4-9H2,1-3H3,(H,22,33)(H,23,26)(H,27,28)/t10-,11+,14+,15-,16?,17?,19-/m1/s1. The highest BCUT2D eigenvalue weighted by Gasteiger charge is 2.46. The van der Waals surface area contributed by atoms with E-state index in [0.717, 1.165) is 0 Å². The molecular formula is C21H36N2O13. The molecular weight excluding hydrogens is 488 g/mol. The van der Waals surface area contributed by atoms with Crippen molar-refractivity contribution in [3.63, 3.8) is 0 Å². The van der Waals surface area contributed by atoms with Gasteiger partial charge < -0.3 is 55.5 Å². The zero-order valence-corrected chi connectivity index (χ0v) is 20.3. The highest BCUT2D eigenvalue weighted by Crippen LogP contribution is 2.23. The van der Waals surface area contributed by atoms with E-state index in [1.807, 2.05) is 0 Å². The number of aliphatic hydroxyl groups excluding tert-OH is 5. The molecule has 1 aliphatic heterocycles. The second-order valence-corrected chi connectivity index (χ2v) is 8.42. The van der Waals surface area contributed by atoms with Gasteiger partial charge in [-0.05, 0) is 27.2 Å². The van der Waals surface area contributed by atoms with Crippen molar-refractivity contribution in [2.75, 3.05) is 19.8 Å². The number of carbonyl (C=O) groups is 4. The molecule has 1 rings (SSSR count). The molecule has 15 heteroatoms. The molecule has 36 heavy (non-hydrogen) atoms. The molecule has 1 heterocycles. The van der Waals surface area contributed by atoms with Gasteiger partial charge in [-0.1, -0.05) is 0 Å². The number of rotatable bonds is 14. The van der Waals surface area contributed by atoms with Crippen LogP contribution in [0.2, 0.25) is 0 Å². The molecule has 0 aliphatic carbocycles. The second kappa shape index (κ2) is 14.4. The summed E-state index contributed by atoms with van der Waals surface area (Å²) in [5.74, 6) is -4.13. The van der Waals surface area contributed by atoms with Crippen LogP contribution in [0, 0.1) is 0 Å². The van der Waals surface area contributed by atoms with Crippen molar-refractivity contribution < 1.29 is 64.0 Å². The van der Waals surface area contributed by atoms with Gasteiger partial charge in [0.25, 0.3) is 5.91 Å². The minimum atomic E-state index is -2.28. The summed E-state index contributed by atoms with van der Waals surface area (Å²) >= 11 is 0. The molecule has 1 aliphatic rings. The Labute approximate surface area is 207 Å². The van der Waals surface area contributed by atoms with Gasteiger partial charge in [-0.3, -0.25) is 14.4 Å². The van der Waals surface area contributed by atoms with Crippen LogP contribution < -0.4 is 10.6 Å². The number of hydrogen-bond acceptors (Lipinski definition) is 12. The number of aliphatic hydroxyl groups is 5. The normalized spacial score (nSPS) is 25.9. The number of esters is 1. The fourth-order valence-corrected chi connectivity index (χ4v) is 3.35. The average molecular weight is 525 g/mol. The van der Waals surface area contributed by atoms with Gasteiger partial charge in [0.15, 0.2) is 17.9 Å². The predicted molar refractivity (Wildman–Crippen MR) is 118 cm³/mol. The first-order valence-electron chi connectivity index (χ1n) is 11.4. The highest BCUT2D eigenvalue weighted by molar-refractivity contribution is 5.94. The van der Waals surface area contributed by atoms with Crippen molar-refractivity contribution in [3.8, 4) is 0 Å². The fraction of sp³-hybridized carbons (Fsp3) is 0.810. The molecule has 0 bridgehead atoms. The maximum atomic E-state index is 13.0. The molecule has 2 amide bonds. The van der Waals surface area contributed by atoms with E-state index in [9.17, 15) is 44.7 Å².